The van der Waals surface area contributed by atoms with E-state index < -0.39 is 0 Å². The Morgan fingerprint density at radius 2 is 2.05 bits per heavy atom. The number of nitrogens with zero attached hydrogens (tertiary/aromatic N) is 2. The van der Waals surface area contributed by atoms with Crippen LogP contribution in [0.1, 0.15) is 29.2 Å². The molecule has 2 aliphatic rings. The van der Waals surface area contributed by atoms with Crippen molar-refractivity contribution in [2.45, 2.75) is 19.4 Å². The van der Waals surface area contributed by atoms with Crippen LogP contribution in [0.4, 0.5) is 0 Å². The fourth-order valence-corrected chi connectivity index (χ4v) is 2.99. The van der Waals surface area contributed by atoms with Gasteiger partial charge < -0.3 is 24.6 Å². The van der Waals surface area contributed by atoms with E-state index in [1.807, 2.05) is 0 Å². The van der Waals surface area contributed by atoms with E-state index >= 15 is 0 Å². The van der Waals surface area contributed by atoms with Crippen LogP contribution >= 0.6 is 0 Å². The van der Waals surface area contributed by atoms with Crippen molar-refractivity contribution in [3.63, 3.8) is 0 Å². The molecular formula is C16H25N3O3. The first-order valence-corrected chi connectivity index (χ1v) is 7.99. The normalized spacial score (nSPS) is 21.7. The molecule has 0 atom stereocenters. The number of piperazine rings is 1. The van der Waals surface area contributed by atoms with Crippen molar-refractivity contribution in [1.29, 1.82) is 0 Å². The van der Waals surface area contributed by atoms with Gasteiger partial charge in [-0.25, -0.2) is 0 Å². The largest absolute Gasteiger partial charge is 0.453 e. The molecule has 1 amide bonds. The highest BCUT2D eigenvalue weighted by Crippen LogP contribution is 2.45. The van der Waals surface area contributed by atoms with Gasteiger partial charge in [-0.3, -0.25) is 4.79 Å². The van der Waals surface area contributed by atoms with Crippen LogP contribution in [0.25, 0.3) is 0 Å². The average molecular weight is 307 g/mol. The molecule has 1 aromatic rings. The molecule has 1 aliphatic carbocycles. The van der Waals surface area contributed by atoms with Gasteiger partial charge in [-0.2, -0.15) is 0 Å². The highest BCUT2D eigenvalue weighted by atomic mass is 16.4. The van der Waals surface area contributed by atoms with E-state index in [0.29, 0.717) is 12.3 Å². The van der Waals surface area contributed by atoms with Gasteiger partial charge in [0.05, 0.1) is 0 Å². The molecule has 2 heterocycles. The maximum absolute atomic E-state index is 12.1. The van der Waals surface area contributed by atoms with E-state index in [1.54, 1.807) is 12.1 Å². The van der Waals surface area contributed by atoms with Crippen LogP contribution in [0.2, 0.25) is 0 Å². The summed E-state index contributed by atoms with van der Waals surface area (Å²) in [4.78, 5) is 16.9. The quantitative estimate of drug-likeness (QED) is 0.802. The number of aliphatic hydroxyl groups excluding tert-OH is 1. The summed E-state index contributed by atoms with van der Waals surface area (Å²) in [5.74, 6) is 0.507. The minimum Gasteiger partial charge on any atom is -0.453 e. The number of nitrogens with one attached hydrogen (secondary N) is 1. The summed E-state index contributed by atoms with van der Waals surface area (Å²) >= 11 is 0. The predicted octanol–water partition coefficient (Wildman–Crippen LogP) is 0.529. The van der Waals surface area contributed by atoms with Crippen molar-refractivity contribution >= 4 is 5.91 Å². The second-order valence-electron chi connectivity index (χ2n) is 6.69. The Morgan fingerprint density at radius 3 is 2.64 bits per heavy atom. The number of furan rings is 1. The van der Waals surface area contributed by atoms with Crippen LogP contribution in [0.3, 0.4) is 0 Å². The first-order valence-electron chi connectivity index (χ1n) is 7.99. The summed E-state index contributed by atoms with van der Waals surface area (Å²) in [6.07, 6.45) is 2.36. The lowest BCUT2D eigenvalue weighted by Crippen LogP contribution is -2.47. The third-order valence-electron chi connectivity index (χ3n) is 4.78. The van der Waals surface area contributed by atoms with Crippen LogP contribution in [-0.2, 0) is 6.61 Å². The zero-order valence-corrected chi connectivity index (χ0v) is 13.2. The number of aliphatic hydroxyl groups is 1. The summed E-state index contributed by atoms with van der Waals surface area (Å²) in [5, 5.41) is 12.0. The lowest BCUT2D eigenvalue weighted by atomic mass is 10.1. The summed E-state index contributed by atoms with van der Waals surface area (Å²) in [6.45, 7) is 6.07. The van der Waals surface area contributed by atoms with E-state index in [9.17, 15) is 4.79 Å². The van der Waals surface area contributed by atoms with E-state index in [2.05, 4.69) is 22.2 Å². The molecule has 3 rings (SSSR count). The highest BCUT2D eigenvalue weighted by molar-refractivity contribution is 5.91. The van der Waals surface area contributed by atoms with Gasteiger partial charge >= 0.3 is 0 Å². The highest BCUT2D eigenvalue weighted by Gasteiger charge is 2.44. The smallest absolute Gasteiger partial charge is 0.287 e. The second-order valence-corrected chi connectivity index (χ2v) is 6.69. The second kappa shape index (κ2) is 6.40. The summed E-state index contributed by atoms with van der Waals surface area (Å²) in [7, 11) is 2.16. The molecule has 6 nitrogen and oxygen atoms in total. The molecule has 0 aromatic carbocycles. The molecule has 0 spiro atoms. The number of carbonyl (C=O) groups excluding carboxylic acids is 1. The molecule has 0 radical (unpaired) electrons. The van der Waals surface area contributed by atoms with Crippen molar-refractivity contribution in [2.75, 3.05) is 46.3 Å². The number of hydrogen-bond acceptors (Lipinski definition) is 5. The van der Waals surface area contributed by atoms with Gasteiger partial charge in [0.2, 0.25) is 0 Å². The molecular weight excluding hydrogens is 282 g/mol. The lowest BCUT2D eigenvalue weighted by Gasteiger charge is -2.34. The van der Waals surface area contributed by atoms with Crippen molar-refractivity contribution in [1.82, 2.24) is 15.1 Å². The minimum atomic E-state index is -0.190. The Bertz CT molecular complexity index is 516. The fraction of sp³-hybridized carbons (Fsp3) is 0.688. The number of rotatable bonds is 6. The molecule has 122 valence electrons. The first kappa shape index (κ1) is 15.5. The Kier molecular flexibility index (Phi) is 4.52. The van der Waals surface area contributed by atoms with Crippen molar-refractivity contribution in [3.8, 4) is 0 Å². The Balaban J connectivity index is 1.47. The topological polar surface area (TPSA) is 69.0 Å². The number of carbonyl (C=O) groups is 1. The zero-order valence-electron chi connectivity index (χ0n) is 13.2. The molecule has 0 bridgehead atoms. The summed E-state index contributed by atoms with van der Waals surface area (Å²) in [6, 6.07) is 3.24. The molecule has 22 heavy (non-hydrogen) atoms. The molecule has 6 heteroatoms. The van der Waals surface area contributed by atoms with Crippen LogP contribution < -0.4 is 5.32 Å². The Morgan fingerprint density at radius 1 is 1.32 bits per heavy atom. The van der Waals surface area contributed by atoms with Gasteiger partial charge in [0, 0.05) is 44.7 Å². The van der Waals surface area contributed by atoms with Gasteiger partial charge in [-0.1, -0.05) is 0 Å². The van der Waals surface area contributed by atoms with E-state index in [0.717, 1.165) is 32.7 Å². The van der Waals surface area contributed by atoms with E-state index in [-0.39, 0.29) is 23.7 Å². The van der Waals surface area contributed by atoms with Crippen molar-refractivity contribution in [2.24, 2.45) is 5.41 Å². The SMILES string of the molecule is CN1CCN(CC2(CNC(=O)c3ccc(CO)o3)CC2)CC1. The number of hydrogen-bond donors (Lipinski definition) is 2. The van der Waals surface area contributed by atoms with Crippen LogP contribution in [-0.4, -0.2) is 67.1 Å². The standard InChI is InChI=1S/C16H25N3O3/c1-18-6-8-19(9-7-18)12-16(4-5-16)11-17-15(21)14-3-2-13(10-20)22-14/h2-3,20H,4-12H2,1H3,(H,17,21). The molecule has 2 N–H and O–H groups in total. The van der Waals surface area contributed by atoms with Gasteiger partial charge in [0.15, 0.2) is 5.76 Å². The van der Waals surface area contributed by atoms with Crippen LogP contribution in [0.5, 0.6) is 0 Å². The third-order valence-corrected chi connectivity index (χ3v) is 4.78. The number of likely N-dealkylation sites (N-methyl/N-ethyl adjacent to an activating group) is 1. The lowest BCUT2D eigenvalue weighted by molar-refractivity contribution is 0.0895. The minimum absolute atomic E-state index is 0.180. The number of amides is 1. The van der Waals surface area contributed by atoms with Gasteiger partial charge in [-0.05, 0) is 32.0 Å². The van der Waals surface area contributed by atoms with E-state index in [1.165, 1.54) is 12.8 Å². The van der Waals surface area contributed by atoms with Gasteiger partial charge in [-0.15, -0.1) is 0 Å². The summed E-state index contributed by atoms with van der Waals surface area (Å²) < 4.78 is 5.26. The molecule has 1 aliphatic heterocycles. The van der Waals surface area contributed by atoms with Gasteiger partial charge in [0.1, 0.15) is 12.4 Å². The van der Waals surface area contributed by atoms with E-state index in [4.69, 9.17) is 9.52 Å². The predicted molar refractivity (Wildman–Crippen MR) is 82.6 cm³/mol. The monoisotopic (exact) mass is 307 g/mol. The molecule has 2 fully saturated rings. The van der Waals surface area contributed by atoms with Crippen LogP contribution in [0.15, 0.2) is 16.5 Å². The molecule has 0 unspecified atom stereocenters. The Labute approximate surface area is 131 Å². The summed E-state index contributed by atoms with van der Waals surface area (Å²) in [5.41, 5.74) is 0.248. The Hall–Kier alpha value is -1.37. The maximum atomic E-state index is 12.1. The van der Waals surface area contributed by atoms with Crippen molar-refractivity contribution in [3.05, 3.63) is 23.7 Å². The molecule has 1 aromatic heterocycles. The van der Waals surface area contributed by atoms with Crippen LogP contribution in [0, 0.1) is 5.41 Å². The third kappa shape index (κ3) is 3.69. The average Bonchev–Trinajstić information content (AvgIpc) is 3.11. The molecule has 1 saturated heterocycles. The van der Waals surface area contributed by atoms with Crippen molar-refractivity contribution < 1.29 is 14.3 Å². The van der Waals surface area contributed by atoms with Gasteiger partial charge in [0.25, 0.3) is 5.91 Å². The fourth-order valence-electron chi connectivity index (χ4n) is 2.99. The maximum Gasteiger partial charge on any atom is 0.287 e. The molecule has 1 saturated carbocycles. The first-order chi connectivity index (χ1) is 10.6. The zero-order chi connectivity index (χ0) is 15.6.